The summed E-state index contributed by atoms with van der Waals surface area (Å²) in [6, 6.07) is 3.10. The Kier molecular flexibility index (Phi) is 4.38. The van der Waals surface area contributed by atoms with Crippen LogP contribution in [0.15, 0.2) is 18.2 Å². The van der Waals surface area contributed by atoms with Gasteiger partial charge in [-0.1, -0.05) is 19.4 Å². The fourth-order valence-corrected chi connectivity index (χ4v) is 2.75. The molecule has 1 aromatic carbocycles. The summed E-state index contributed by atoms with van der Waals surface area (Å²) in [7, 11) is 0. The van der Waals surface area contributed by atoms with E-state index in [1.54, 1.807) is 0 Å². The SMILES string of the molecule is C[C@]1(CO)CCC[C@@H]1NC(=O)Cc1ccc(F)cc1F. The summed E-state index contributed by atoms with van der Waals surface area (Å²) < 4.78 is 26.3. The molecule has 1 saturated carbocycles. The maximum atomic E-state index is 13.5. The number of rotatable bonds is 4. The molecule has 0 radical (unpaired) electrons. The average Bonchev–Trinajstić information content (AvgIpc) is 2.75. The van der Waals surface area contributed by atoms with Crippen LogP contribution < -0.4 is 5.32 Å². The minimum absolute atomic E-state index is 0.0167. The second kappa shape index (κ2) is 5.87. The molecule has 1 aromatic rings. The molecule has 0 bridgehead atoms. The summed E-state index contributed by atoms with van der Waals surface area (Å²) >= 11 is 0. The highest BCUT2D eigenvalue weighted by atomic mass is 19.1. The average molecular weight is 283 g/mol. The number of aliphatic hydroxyl groups is 1. The molecule has 0 spiro atoms. The Morgan fingerprint density at radius 2 is 2.25 bits per heavy atom. The lowest BCUT2D eigenvalue weighted by atomic mass is 9.85. The first-order chi connectivity index (χ1) is 9.44. The van der Waals surface area contributed by atoms with Crippen LogP contribution >= 0.6 is 0 Å². The lowest BCUT2D eigenvalue weighted by molar-refractivity contribution is -0.122. The van der Waals surface area contributed by atoms with E-state index in [1.165, 1.54) is 6.07 Å². The van der Waals surface area contributed by atoms with Crippen molar-refractivity contribution in [2.24, 2.45) is 5.41 Å². The highest BCUT2D eigenvalue weighted by Crippen LogP contribution is 2.37. The number of nitrogens with one attached hydrogen (secondary N) is 1. The van der Waals surface area contributed by atoms with Crippen LogP contribution in [0.2, 0.25) is 0 Å². The van der Waals surface area contributed by atoms with Gasteiger partial charge in [-0.3, -0.25) is 4.79 Å². The molecule has 0 saturated heterocycles. The quantitative estimate of drug-likeness (QED) is 0.889. The molecule has 0 unspecified atom stereocenters. The molecule has 0 aliphatic heterocycles. The molecule has 20 heavy (non-hydrogen) atoms. The molecule has 1 amide bonds. The standard InChI is InChI=1S/C15H19F2NO2/c1-15(9-19)6-2-3-13(15)18-14(20)7-10-4-5-11(16)8-12(10)17/h4-5,8,13,19H,2-3,6-7,9H2,1H3,(H,18,20)/t13-,15+/m0/s1. The fourth-order valence-electron chi connectivity index (χ4n) is 2.75. The Morgan fingerprint density at radius 1 is 1.50 bits per heavy atom. The van der Waals surface area contributed by atoms with E-state index in [0.717, 1.165) is 31.4 Å². The molecule has 1 fully saturated rings. The third-order valence-corrected chi connectivity index (χ3v) is 4.14. The van der Waals surface area contributed by atoms with Crippen LogP contribution in [-0.4, -0.2) is 23.7 Å². The van der Waals surface area contributed by atoms with Crippen molar-refractivity contribution in [2.45, 2.75) is 38.6 Å². The largest absolute Gasteiger partial charge is 0.396 e. The van der Waals surface area contributed by atoms with Gasteiger partial charge in [-0.2, -0.15) is 0 Å². The van der Waals surface area contributed by atoms with Crippen LogP contribution in [0.25, 0.3) is 0 Å². The third-order valence-electron chi connectivity index (χ3n) is 4.14. The Labute approximate surface area is 117 Å². The highest BCUT2D eigenvalue weighted by molar-refractivity contribution is 5.79. The van der Waals surface area contributed by atoms with Gasteiger partial charge in [0.25, 0.3) is 0 Å². The second-order valence-corrected chi connectivity index (χ2v) is 5.74. The van der Waals surface area contributed by atoms with Crippen molar-refractivity contribution in [1.29, 1.82) is 0 Å². The second-order valence-electron chi connectivity index (χ2n) is 5.74. The van der Waals surface area contributed by atoms with E-state index in [4.69, 9.17) is 0 Å². The molecule has 2 rings (SSSR count). The lowest BCUT2D eigenvalue weighted by Crippen LogP contribution is -2.45. The van der Waals surface area contributed by atoms with Gasteiger partial charge < -0.3 is 10.4 Å². The Bertz CT molecular complexity index is 507. The maximum Gasteiger partial charge on any atom is 0.224 e. The van der Waals surface area contributed by atoms with Gasteiger partial charge in [0.2, 0.25) is 5.91 Å². The molecule has 0 heterocycles. The highest BCUT2D eigenvalue weighted by Gasteiger charge is 2.39. The summed E-state index contributed by atoms with van der Waals surface area (Å²) in [6.07, 6.45) is 2.51. The van der Waals surface area contributed by atoms with E-state index >= 15 is 0 Å². The van der Waals surface area contributed by atoms with Crippen molar-refractivity contribution < 1.29 is 18.7 Å². The summed E-state index contributed by atoms with van der Waals surface area (Å²) in [5.74, 6) is -1.67. The van der Waals surface area contributed by atoms with Gasteiger partial charge >= 0.3 is 0 Å². The Morgan fingerprint density at radius 3 is 2.90 bits per heavy atom. The van der Waals surface area contributed by atoms with Crippen LogP contribution in [0.3, 0.4) is 0 Å². The summed E-state index contributed by atoms with van der Waals surface area (Å²) in [4.78, 5) is 12.0. The molecular formula is C15H19F2NO2. The number of aliphatic hydroxyl groups excluding tert-OH is 1. The number of carbonyl (C=O) groups excluding carboxylic acids is 1. The van der Waals surface area contributed by atoms with Gasteiger partial charge in [0.05, 0.1) is 13.0 Å². The minimum Gasteiger partial charge on any atom is -0.396 e. The number of halogens is 2. The minimum atomic E-state index is -0.712. The number of hydrogen-bond donors (Lipinski definition) is 2. The Balaban J connectivity index is 1.99. The van der Waals surface area contributed by atoms with E-state index in [1.807, 2.05) is 6.92 Å². The van der Waals surface area contributed by atoms with Crippen LogP contribution in [-0.2, 0) is 11.2 Å². The van der Waals surface area contributed by atoms with E-state index in [9.17, 15) is 18.7 Å². The summed E-state index contributed by atoms with van der Waals surface area (Å²) in [5, 5.41) is 12.3. The number of benzene rings is 1. The Hall–Kier alpha value is -1.49. The smallest absolute Gasteiger partial charge is 0.224 e. The molecule has 1 aliphatic carbocycles. The van der Waals surface area contributed by atoms with Crippen molar-refractivity contribution >= 4 is 5.91 Å². The maximum absolute atomic E-state index is 13.5. The zero-order chi connectivity index (χ0) is 14.8. The summed E-state index contributed by atoms with van der Waals surface area (Å²) in [5.41, 5.74) is -0.135. The van der Waals surface area contributed by atoms with Gasteiger partial charge in [0.1, 0.15) is 11.6 Å². The van der Waals surface area contributed by atoms with E-state index < -0.39 is 11.6 Å². The van der Waals surface area contributed by atoms with Gasteiger partial charge in [-0.25, -0.2) is 8.78 Å². The van der Waals surface area contributed by atoms with Gasteiger partial charge in [0.15, 0.2) is 0 Å². The molecule has 2 N–H and O–H groups in total. The van der Waals surface area contributed by atoms with Crippen molar-refractivity contribution in [2.75, 3.05) is 6.61 Å². The topological polar surface area (TPSA) is 49.3 Å². The van der Waals surface area contributed by atoms with Crippen molar-refractivity contribution in [3.63, 3.8) is 0 Å². The number of hydrogen-bond acceptors (Lipinski definition) is 2. The normalized spacial score (nSPS) is 25.7. The monoisotopic (exact) mass is 283 g/mol. The van der Waals surface area contributed by atoms with Crippen molar-refractivity contribution in [3.8, 4) is 0 Å². The first kappa shape index (κ1) is 14.9. The first-order valence-electron chi connectivity index (χ1n) is 6.79. The number of amides is 1. The fraction of sp³-hybridized carbons (Fsp3) is 0.533. The third kappa shape index (κ3) is 3.15. The van der Waals surface area contributed by atoms with Crippen molar-refractivity contribution in [1.82, 2.24) is 5.32 Å². The van der Waals surface area contributed by atoms with E-state index in [-0.39, 0.29) is 36.0 Å². The summed E-state index contributed by atoms with van der Waals surface area (Å²) in [6.45, 7) is 1.95. The predicted octanol–water partition coefficient (Wildman–Crippen LogP) is 2.17. The molecule has 5 heteroatoms. The molecular weight excluding hydrogens is 264 g/mol. The molecule has 2 atom stereocenters. The van der Waals surface area contributed by atoms with Crippen LogP contribution in [0.5, 0.6) is 0 Å². The van der Waals surface area contributed by atoms with E-state index in [2.05, 4.69) is 5.32 Å². The lowest BCUT2D eigenvalue weighted by Gasteiger charge is -2.30. The van der Waals surface area contributed by atoms with E-state index in [0.29, 0.717) is 0 Å². The zero-order valence-corrected chi connectivity index (χ0v) is 11.5. The van der Waals surface area contributed by atoms with Gasteiger partial charge in [0, 0.05) is 17.5 Å². The molecule has 110 valence electrons. The first-order valence-corrected chi connectivity index (χ1v) is 6.79. The van der Waals surface area contributed by atoms with Gasteiger partial charge in [-0.05, 0) is 24.5 Å². The van der Waals surface area contributed by atoms with Gasteiger partial charge in [-0.15, -0.1) is 0 Å². The molecule has 1 aliphatic rings. The van der Waals surface area contributed by atoms with Crippen LogP contribution in [0.4, 0.5) is 8.78 Å². The molecule has 0 aromatic heterocycles. The van der Waals surface area contributed by atoms with Crippen LogP contribution in [0, 0.1) is 17.0 Å². The predicted molar refractivity (Wildman–Crippen MR) is 71.0 cm³/mol. The molecule has 3 nitrogen and oxygen atoms in total. The zero-order valence-electron chi connectivity index (χ0n) is 11.5. The van der Waals surface area contributed by atoms with Crippen LogP contribution in [0.1, 0.15) is 31.7 Å². The number of carbonyl (C=O) groups is 1. The van der Waals surface area contributed by atoms with Crippen molar-refractivity contribution in [3.05, 3.63) is 35.4 Å².